The lowest BCUT2D eigenvalue weighted by molar-refractivity contribution is -0.116. The Kier molecular flexibility index (Phi) is 5.35. The number of anilines is 1. The van der Waals surface area contributed by atoms with Crippen LogP contribution in [0.25, 0.3) is 0 Å². The number of carbonyl (C=O) groups is 1. The lowest BCUT2D eigenvalue weighted by Gasteiger charge is -2.07. The van der Waals surface area contributed by atoms with Gasteiger partial charge in [0.25, 0.3) is 0 Å². The highest BCUT2D eigenvalue weighted by Crippen LogP contribution is 2.19. The number of hydrogen-bond acceptors (Lipinski definition) is 3. The van der Waals surface area contributed by atoms with Crippen LogP contribution in [0.1, 0.15) is 19.8 Å². The highest BCUT2D eigenvalue weighted by Gasteiger charge is 2.04. The fourth-order valence-electron chi connectivity index (χ4n) is 1.28. The molecule has 4 heteroatoms. The fourth-order valence-corrected chi connectivity index (χ4v) is 1.74. The van der Waals surface area contributed by atoms with Crippen LogP contribution in [0.4, 0.5) is 5.69 Å². The summed E-state index contributed by atoms with van der Waals surface area (Å²) in [6, 6.07) is 7.89. The summed E-state index contributed by atoms with van der Waals surface area (Å²) >= 11 is 1.66. The van der Waals surface area contributed by atoms with E-state index in [0.29, 0.717) is 12.8 Å². The Balaban J connectivity index is 2.49. The molecular formula is C12H18N2OS. The number of benzene rings is 1. The van der Waals surface area contributed by atoms with Gasteiger partial charge in [0, 0.05) is 23.0 Å². The lowest BCUT2D eigenvalue weighted by atomic mass is 10.2. The van der Waals surface area contributed by atoms with Gasteiger partial charge in [0.2, 0.25) is 5.91 Å². The predicted octanol–water partition coefficient (Wildman–Crippen LogP) is 2.47. The van der Waals surface area contributed by atoms with Crippen LogP contribution in [0.3, 0.4) is 0 Å². The zero-order valence-corrected chi connectivity index (χ0v) is 10.5. The molecule has 1 rings (SSSR count). The number of hydrogen-bond donors (Lipinski definition) is 2. The maximum Gasteiger partial charge on any atom is 0.224 e. The van der Waals surface area contributed by atoms with Crippen LogP contribution >= 0.6 is 11.8 Å². The zero-order chi connectivity index (χ0) is 12.0. The summed E-state index contributed by atoms with van der Waals surface area (Å²) in [6.07, 6.45) is 3.20. The molecule has 1 unspecified atom stereocenters. The molecule has 0 saturated carbocycles. The molecule has 0 aliphatic carbocycles. The SMILES string of the molecule is CSc1cccc(NC(=O)CCC(C)N)c1. The number of thioether (sulfide) groups is 1. The van der Waals surface area contributed by atoms with E-state index in [4.69, 9.17) is 5.73 Å². The molecule has 0 heterocycles. The molecule has 1 aromatic carbocycles. The summed E-state index contributed by atoms with van der Waals surface area (Å²) in [5.74, 6) is 0.0237. The van der Waals surface area contributed by atoms with Gasteiger partial charge in [-0.15, -0.1) is 11.8 Å². The van der Waals surface area contributed by atoms with Gasteiger partial charge in [-0.1, -0.05) is 6.07 Å². The Morgan fingerprint density at radius 1 is 1.56 bits per heavy atom. The standard InChI is InChI=1S/C12H18N2OS/c1-9(13)6-7-12(15)14-10-4-3-5-11(8-10)16-2/h3-5,8-9H,6-7,13H2,1-2H3,(H,14,15). The molecule has 0 aromatic heterocycles. The third kappa shape index (κ3) is 4.68. The van der Waals surface area contributed by atoms with Crippen molar-refractivity contribution in [2.24, 2.45) is 5.73 Å². The molecule has 0 bridgehead atoms. The predicted molar refractivity (Wildman–Crippen MR) is 69.7 cm³/mol. The largest absolute Gasteiger partial charge is 0.328 e. The first kappa shape index (κ1) is 13.1. The normalized spacial score (nSPS) is 12.2. The van der Waals surface area contributed by atoms with Gasteiger partial charge in [0.1, 0.15) is 0 Å². The van der Waals surface area contributed by atoms with Crippen molar-refractivity contribution >= 4 is 23.4 Å². The Morgan fingerprint density at radius 2 is 2.31 bits per heavy atom. The van der Waals surface area contributed by atoms with Gasteiger partial charge in [-0.2, -0.15) is 0 Å². The van der Waals surface area contributed by atoms with E-state index in [1.165, 1.54) is 0 Å². The smallest absolute Gasteiger partial charge is 0.224 e. The lowest BCUT2D eigenvalue weighted by Crippen LogP contribution is -2.19. The third-order valence-corrected chi connectivity index (χ3v) is 2.91. The third-order valence-electron chi connectivity index (χ3n) is 2.18. The fraction of sp³-hybridized carbons (Fsp3) is 0.417. The second-order valence-electron chi connectivity index (χ2n) is 3.80. The van der Waals surface area contributed by atoms with Crippen molar-refractivity contribution in [1.82, 2.24) is 0 Å². The monoisotopic (exact) mass is 238 g/mol. The first-order valence-corrected chi connectivity index (χ1v) is 6.54. The molecule has 1 aromatic rings. The Hall–Kier alpha value is -1.00. The van der Waals surface area contributed by atoms with Crippen molar-refractivity contribution < 1.29 is 4.79 Å². The van der Waals surface area contributed by atoms with Gasteiger partial charge in [-0.3, -0.25) is 4.79 Å². The Bertz CT molecular complexity index is 353. The van der Waals surface area contributed by atoms with E-state index < -0.39 is 0 Å². The molecule has 0 aliphatic heterocycles. The second-order valence-corrected chi connectivity index (χ2v) is 4.68. The molecular weight excluding hydrogens is 220 g/mol. The summed E-state index contributed by atoms with van der Waals surface area (Å²) in [5, 5.41) is 2.86. The van der Waals surface area contributed by atoms with E-state index in [1.54, 1.807) is 11.8 Å². The summed E-state index contributed by atoms with van der Waals surface area (Å²) in [4.78, 5) is 12.7. The molecule has 0 saturated heterocycles. The molecule has 88 valence electrons. The van der Waals surface area contributed by atoms with Crippen LogP contribution in [0.5, 0.6) is 0 Å². The first-order chi connectivity index (χ1) is 7.61. The molecule has 0 spiro atoms. The van der Waals surface area contributed by atoms with Crippen LogP contribution < -0.4 is 11.1 Å². The molecule has 3 N–H and O–H groups in total. The van der Waals surface area contributed by atoms with Gasteiger partial charge in [0.05, 0.1) is 0 Å². The van der Waals surface area contributed by atoms with Crippen LogP contribution in [-0.2, 0) is 4.79 Å². The topological polar surface area (TPSA) is 55.1 Å². The average molecular weight is 238 g/mol. The number of rotatable bonds is 5. The minimum atomic E-state index is 0.0237. The number of amides is 1. The van der Waals surface area contributed by atoms with Gasteiger partial charge in [-0.25, -0.2) is 0 Å². The van der Waals surface area contributed by atoms with Crippen LogP contribution in [0.2, 0.25) is 0 Å². The van der Waals surface area contributed by atoms with Crippen LogP contribution in [0.15, 0.2) is 29.2 Å². The van der Waals surface area contributed by atoms with Crippen molar-refractivity contribution in [1.29, 1.82) is 0 Å². The number of nitrogens with two attached hydrogens (primary N) is 1. The summed E-state index contributed by atoms with van der Waals surface area (Å²) < 4.78 is 0. The number of carbonyl (C=O) groups excluding carboxylic acids is 1. The summed E-state index contributed by atoms with van der Waals surface area (Å²) in [5.41, 5.74) is 6.45. The minimum absolute atomic E-state index is 0.0237. The maximum absolute atomic E-state index is 11.5. The van der Waals surface area contributed by atoms with E-state index in [-0.39, 0.29) is 11.9 Å². The summed E-state index contributed by atoms with van der Waals surface area (Å²) in [6.45, 7) is 1.90. The van der Waals surface area contributed by atoms with Gasteiger partial charge in [0.15, 0.2) is 0 Å². The van der Waals surface area contributed by atoms with Crippen LogP contribution in [0, 0.1) is 0 Å². The zero-order valence-electron chi connectivity index (χ0n) is 9.69. The van der Waals surface area contributed by atoms with E-state index in [0.717, 1.165) is 10.6 Å². The number of nitrogens with one attached hydrogen (secondary N) is 1. The van der Waals surface area contributed by atoms with Crippen molar-refractivity contribution in [3.63, 3.8) is 0 Å². The highest BCUT2D eigenvalue weighted by atomic mass is 32.2. The van der Waals surface area contributed by atoms with Crippen molar-refractivity contribution in [2.75, 3.05) is 11.6 Å². The quantitative estimate of drug-likeness (QED) is 0.775. The Morgan fingerprint density at radius 3 is 2.94 bits per heavy atom. The minimum Gasteiger partial charge on any atom is -0.328 e. The van der Waals surface area contributed by atoms with E-state index >= 15 is 0 Å². The average Bonchev–Trinajstić information content (AvgIpc) is 2.26. The van der Waals surface area contributed by atoms with E-state index in [9.17, 15) is 4.79 Å². The highest BCUT2D eigenvalue weighted by molar-refractivity contribution is 7.98. The van der Waals surface area contributed by atoms with Crippen LogP contribution in [-0.4, -0.2) is 18.2 Å². The Labute approximate surface area is 101 Å². The molecule has 0 radical (unpaired) electrons. The van der Waals surface area contributed by atoms with E-state index in [2.05, 4.69) is 5.32 Å². The van der Waals surface area contributed by atoms with E-state index in [1.807, 2.05) is 37.4 Å². The van der Waals surface area contributed by atoms with Crippen molar-refractivity contribution in [3.05, 3.63) is 24.3 Å². The molecule has 16 heavy (non-hydrogen) atoms. The van der Waals surface area contributed by atoms with Crippen molar-refractivity contribution in [2.45, 2.75) is 30.7 Å². The molecule has 1 amide bonds. The molecule has 1 atom stereocenters. The van der Waals surface area contributed by atoms with Gasteiger partial charge < -0.3 is 11.1 Å². The van der Waals surface area contributed by atoms with Gasteiger partial charge >= 0.3 is 0 Å². The summed E-state index contributed by atoms with van der Waals surface area (Å²) in [7, 11) is 0. The second kappa shape index (κ2) is 6.55. The maximum atomic E-state index is 11.5. The van der Waals surface area contributed by atoms with Crippen molar-refractivity contribution in [3.8, 4) is 0 Å². The van der Waals surface area contributed by atoms with Gasteiger partial charge in [-0.05, 0) is 37.8 Å². The first-order valence-electron chi connectivity index (χ1n) is 5.31. The molecule has 3 nitrogen and oxygen atoms in total. The molecule has 0 fully saturated rings. The molecule has 0 aliphatic rings.